The first-order valence-electron chi connectivity index (χ1n) is 6.16. The van der Waals surface area contributed by atoms with Crippen molar-refractivity contribution in [2.45, 2.75) is 32.7 Å². The van der Waals surface area contributed by atoms with E-state index < -0.39 is 0 Å². The van der Waals surface area contributed by atoms with Crippen molar-refractivity contribution in [2.75, 3.05) is 11.9 Å². The van der Waals surface area contributed by atoms with Crippen LogP contribution in [-0.4, -0.2) is 17.2 Å². The van der Waals surface area contributed by atoms with Gasteiger partial charge in [-0.25, -0.2) is 4.39 Å². The van der Waals surface area contributed by atoms with Gasteiger partial charge in [-0.3, -0.25) is 0 Å². The van der Waals surface area contributed by atoms with Crippen molar-refractivity contribution in [3.05, 3.63) is 40.7 Å². The molecule has 0 unspecified atom stereocenters. The lowest BCUT2D eigenvalue weighted by Gasteiger charge is -2.16. The van der Waals surface area contributed by atoms with Gasteiger partial charge in [0.2, 0.25) is 5.13 Å². The SMILES string of the molecule is CN(Cc1cccc(F)c1)c1nnc(C(C)(C)C)s1. The molecule has 0 aliphatic rings. The lowest BCUT2D eigenvalue weighted by atomic mass is 9.98. The summed E-state index contributed by atoms with van der Waals surface area (Å²) in [5.74, 6) is -0.210. The van der Waals surface area contributed by atoms with E-state index in [1.165, 1.54) is 6.07 Å². The van der Waals surface area contributed by atoms with Crippen LogP contribution in [-0.2, 0) is 12.0 Å². The van der Waals surface area contributed by atoms with Gasteiger partial charge in [0.1, 0.15) is 10.8 Å². The van der Waals surface area contributed by atoms with Gasteiger partial charge in [0, 0.05) is 19.0 Å². The minimum absolute atomic E-state index is 0.00954. The molecule has 0 bridgehead atoms. The van der Waals surface area contributed by atoms with Crippen LogP contribution in [0.1, 0.15) is 31.3 Å². The van der Waals surface area contributed by atoms with Gasteiger partial charge in [-0.15, -0.1) is 10.2 Å². The van der Waals surface area contributed by atoms with Crippen LogP contribution in [0.4, 0.5) is 9.52 Å². The first-order valence-corrected chi connectivity index (χ1v) is 6.97. The molecule has 0 radical (unpaired) electrons. The monoisotopic (exact) mass is 279 g/mol. The van der Waals surface area contributed by atoms with Crippen molar-refractivity contribution >= 4 is 16.5 Å². The zero-order valence-electron chi connectivity index (χ0n) is 11.6. The minimum atomic E-state index is -0.210. The first-order chi connectivity index (χ1) is 8.86. The number of aromatic nitrogens is 2. The maximum absolute atomic E-state index is 13.1. The van der Waals surface area contributed by atoms with Gasteiger partial charge in [-0.2, -0.15) is 0 Å². The number of halogens is 1. The Morgan fingerprint density at radius 3 is 2.58 bits per heavy atom. The van der Waals surface area contributed by atoms with Crippen molar-refractivity contribution in [2.24, 2.45) is 0 Å². The average molecular weight is 279 g/mol. The van der Waals surface area contributed by atoms with Crippen LogP contribution in [0.25, 0.3) is 0 Å². The Kier molecular flexibility index (Phi) is 3.85. The quantitative estimate of drug-likeness (QED) is 0.859. The topological polar surface area (TPSA) is 29.0 Å². The number of benzene rings is 1. The normalized spacial score (nSPS) is 11.6. The van der Waals surface area contributed by atoms with Gasteiger partial charge in [0.15, 0.2) is 0 Å². The summed E-state index contributed by atoms with van der Waals surface area (Å²) in [5.41, 5.74) is 0.935. The van der Waals surface area contributed by atoms with Gasteiger partial charge in [0.05, 0.1) is 0 Å². The zero-order valence-corrected chi connectivity index (χ0v) is 12.5. The molecule has 5 heteroatoms. The van der Waals surface area contributed by atoms with Crippen molar-refractivity contribution in [1.82, 2.24) is 10.2 Å². The van der Waals surface area contributed by atoms with E-state index in [-0.39, 0.29) is 11.2 Å². The largest absolute Gasteiger partial charge is 0.345 e. The second-order valence-corrected chi connectivity index (χ2v) is 6.58. The third-order valence-electron chi connectivity index (χ3n) is 2.69. The fourth-order valence-corrected chi connectivity index (χ4v) is 2.51. The van der Waals surface area contributed by atoms with E-state index in [0.29, 0.717) is 6.54 Å². The molecule has 0 amide bonds. The Morgan fingerprint density at radius 2 is 2.00 bits per heavy atom. The highest BCUT2D eigenvalue weighted by Gasteiger charge is 2.20. The minimum Gasteiger partial charge on any atom is -0.345 e. The van der Waals surface area contributed by atoms with Crippen LogP contribution >= 0.6 is 11.3 Å². The number of nitrogens with zero attached hydrogens (tertiary/aromatic N) is 3. The predicted molar refractivity (Wildman–Crippen MR) is 77.1 cm³/mol. The molecule has 2 rings (SSSR count). The first kappa shape index (κ1) is 13.9. The summed E-state index contributed by atoms with van der Waals surface area (Å²) in [6.45, 7) is 6.97. The van der Waals surface area contributed by atoms with E-state index >= 15 is 0 Å². The maximum atomic E-state index is 13.1. The van der Waals surface area contributed by atoms with Gasteiger partial charge in [-0.1, -0.05) is 44.2 Å². The number of anilines is 1. The van der Waals surface area contributed by atoms with Crippen LogP contribution in [0.3, 0.4) is 0 Å². The summed E-state index contributed by atoms with van der Waals surface area (Å²) in [4.78, 5) is 1.99. The second-order valence-electron chi connectivity index (χ2n) is 5.63. The molecule has 1 aromatic carbocycles. The van der Waals surface area contributed by atoms with Crippen molar-refractivity contribution in [3.63, 3.8) is 0 Å². The van der Waals surface area contributed by atoms with Gasteiger partial charge >= 0.3 is 0 Å². The highest BCUT2D eigenvalue weighted by molar-refractivity contribution is 7.15. The number of hydrogen-bond acceptors (Lipinski definition) is 4. The van der Waals surface area contributed by atoms with Crippen molar-refractivity contribution < 1.29 is 4.39 Å². The van der Waals surface area contributed by atoms with Gasteiger partial charge in [-0.05, 0) is 17.7 Å². The van der Waals surface area contributed by atoms with Gasteiger partial charge in [0.25, 0.3) is 0 Å². The van der Waals surface area contributed by atoms with E-state index in [0.717, 1.165) is 15.7 Å². The lowest BCUT2D eigenvalue weighted by molar-refractivity contribution is 0.578. The van der Waals surface area contributed by atoms with Crippen LogP contribution in [0.2, 0.25) is 0 Å². The molecule has 0 atom stereocenters. The number of rotatable bonds is 3. The molecular weight excluding hydrogens is 261 g/mol. The summed E-state index contributed by atoms with van der Waals surface area (Å²) in [7, 11) is 1.94. The molecule has 0 fully saturated rings. The predicted octanol–water partition coefficient (Wildman–Crippen LogP) is 3.61. The third-order valence-corrected chi connectivity index (χ3v) is 4.15. The van der Waals surface area contributed by atoms with Crippen LogP contribution in [0.5, 0.6) is 0 Å². The highest BCUT2D eigenvalue weighted by Crippen LogP contribution is 2.29. The fraction of sp³-hybridized carbons (Fsp3) is 0.429. The third kappa shape index (κ3) is 3.50. The standard InChI is InChI=1S/C14H18FN3S/c1-14(2,3)12-16-17-13(19-12)18(4)9-10-6-5-7-11(15)8-10/h5-8H,9H2,1-4H3. The average Bonchev–Trinajstić information content (AvgIpc) is 2.77. The van der Waals surface area contributed by atoms with E-state index in [2.05, 4.69) is 31.0 Å². The molecule has 0 aliphatic heterocycles. The smallest absolute Gasteiger partial charge is 0.208 e. The fourth-order valence-electron chi connectivity index (χ4n) is 1.65. The molecule has 0 saturated heterocycles. The van der Waals surface area contributed by atoms with Crippen LogP contribution in [0, 0.1) is 5.82 Å². The molecule has 2 aromatic rings. The molecular formula is C14H18FN3S. The van der Waals surface area contributed by atoms with Crippen LogP contribution < -0.4 is 4.90 Å². The molecule has 1 heterocycles. The molecule has 19 heavy (non-hydrogen) atoms. The summed E-state index contributed by atoms with van der Waals surface area (Å²) < 4.78 is 13.1. The Balaban J connectivity index is 2.12. The summed E-state index contributed by atoms with van der Waals surface area (Å²) >= 11 is 1.58. The molecule has 0 N–H and O–H groups in total. The Morgan fingerprint density at radius 1 is 1.26 bits per heavy atom. The van der Waals surface area contributed by atoms with E-state index in [1.807, 2.05) is 18.0 Å². The Labute approximate surface area is 117 Å². The molecule has 0 aliphatic carbocycles. The molecule has 3 nitrogen and oxygen atoms in total. The van der Waals surface area contributed by atoms with E-state index in [4.69, 9.17) is 0 Å². The molecule has 102 valence electrons. The highest BCUT2D eigenvalue weighted by atomic mass is 32.1. The summed E-state index contributed by atoms with van der Waals surface area (Å²) in [6, 6.07) is 6.62. The molecule has 1 aromatic heterocycles. The van der Waals surface area contributed by atoms with E-state index in [9.17, 15) is 4.39 Å². The van der Waals surface area contributed by atoms with Crippen molar-refractivity contribution in [1.29, 1.82) is 0 Å². The Hall–Kier alpha value is -1.49. The lowest BCUT2D eigenvalue weighted by Crippen LogP contribution is -2.16. The number of hydrogen-bond donors (Lipinski definition) is 0. The second kappa shape index (κ2) is 5.25. The maximum Gasteiger partial charge on any atom is 0.208 e. The zero-order chi connectivity index (χ0) is 14.0. The van der Waals surface area contributed by atoms with Gasteiger partial charge < -0.3 is 4.90 Å². The Bertz CT molecular complexity index is 560. The molecule has 0 spiro atoms. The summed E-state index contributed by atoms with van der Waals surface area (Å²) in [5, 5.41) is 10.3. The van der Waals surface area contributed by atoms with Crippen molar-refractivity contribution in [3.8, 4) is 0 Å². The van der Waals surface area contributed by atoms with E-state index in [1.54, 1.807) is 23.5 Å². The van der Waals surface area contributed by atoms with Crippen LogP contribution in [0.15, 0.2) is 24.3 Å². The molecule has 0 saturated carbocycles. The summed E-state index contributed by atoms with van der Waals surface area (Å²) in [6.07, 6.45) is 0.